The summed E-state index contributed by atoms with van der Waals surface area (Å²) >= 11 is 1.99. The molecule has 0 bridgehead atoms. The van der Waals surface area contributed by atoms with Crippen molar-refractivity contribution in [1.29, 1.82) is 0 Å². The van der Waals surface area contributed by atoms with E-state index in [4.69, 9.17) is 0 Å². The van der Waals surface area contributed by atoms with Gasteiger partial charge in [-0.15, -0.1) is 11.8 Å². The molecule has 1 aliphatic heterocycles. The minimum Gasteiger partial charge on any atom is -0.338 e. The van der Waals surface area contributed by atoms with Crippen molar-refractivity contribution in [3.63, 3.8) is 0 Å². The summed E-state index contributed by atoms with van der Waals surface area (Å²) in [5.41, 5.74) is 1.51. The molecular formula is C16H21N3S. The molecule has 2 heterocycles. The molecule has 1 N–H and O–H groups in total. The number of fused-ring (bicyclic) bond motifs is 1. The van der Waals surface area contributed by atoms with Crippen LogP contribution in [-0.4, -0.2) is 28.4 Å². The Bertz CT molecular complexity index is 579. The fourth-order valence-corrected chi connectivity index (χ4v) is 4.32. The van der Waals surface area contributed by atoms with E-state index in [0.717, 1.165) is 12.8 Å². The van der Waals surface area contributed by atoms with Crippen molar-refractivity contribution in [3.8, 4) is 0 Å². The van der Waals surface area contributed by atoms with Crippen LogP contribution in [0.3, 0.4) is 0 Å². The molecule has 0 spiro atoms. The maximum Gasteiger partial charge on any atom is 0.108 e. The van der Waals surface area contributed by atoms with Crippen LogP contribution in [0.25, 0.3) is 0 Å². The Balaban J connectivity index is 1.70. The molecule has 0 saturated heterocycles. The van der Waals surface area contributed by atoms with Gasteiger partial charge in [-0.3, -0.25) is 0 Å². The van der Waals surface area contributed by atoms with Gasteiger partial charge in [0.1, 0.15) is 5.82 Å². The highest BCUT2D eigenvalue weighted by atomic mass is 32.2. The predicted molar refractivity (Wildman–Crippen MR) is 84.3 cm³/mol. The minimum absolute atomic E-state index is 0.517. The molecule has 1 aromatic carbocycles. The summed E-state index contributed by atoms with van der Waals surface area (Å²) in [5, 5.41) is 3.52. The summed E-state index contributed by atoms with van der Waals surface area (Å²) < 4.78 is 2.12. The number of hydrogen-bond donors (Lipinski definition) is 1. The van der Waals surface area contributed by atoms with Crippen molar-refractivity contribution >= 4 is 11.8 Å². The molecule has 4 heteroatoms. The fourth-order valence-electron chi connectivity index (χ4n) is 2.99. The van der Waals surface area contributed by atoms with Gasteiger partial charge in [0, 0.05) is 48.5 Å². The lowest BCUT2D eigenvalue weighted by molar-refractivity contribution is 0.454. The van der Waals surface area contributed by atoms with Gasteiger partial charge in [0.2, 0.25) is 0 Å². The number of aromatic nitrogens is 2. The third-order valence-corrected chi connectivity index (χ3v) is 5.40. The zero-order valence-corrected chi connectivity index (χ0v) is 12.9. The first-order valence-electron chi connectivity index (χ1n) is 7.15. The van der Waals surface area contributed by atoms with Gasteiger partial charge in [0.05, 0.1) is 0 Å². The SMILES string of the molecule is CNC(CCc1nccn1C)C1CSc2ccccc21. The van der Waals surface area contributed by atoms with Crippen LogP contribution in [0, 0.1) is 0 Å². The molecular weight excluding hydrogens is 266 g/mol. The van der Waals surface area contributed by atoms with Crippen molar-refractivity contribution < 1.29 is 0 Å². The molecule has 0 aliphatic carbocycles. The molecule has 0 fully saturated rings. The lowest BCUT2D eigenvalue weighted by atomic mass is 9.90. The number of nitrogens with one attached hydrogen (secondary N) is 1. The van der Waals surface area contributed by atoms with Gasteiger partial charge in [-0.25, -0.2) is 4.98 Å². The van der Waals surface area contributed by atoms with Crippen LogP contribution in [-0.2, 0) is 13.5 Å². The van der Waals surface area contributed by atoms with Crippen molar-refractivity contribution in [2.45, 2.75) is 29.7 Å². The molecule has 2 unspecified atom stereocenters. The van der Waals surface area contributed by atoms with Crippen LogP contribution in [0.2, 0.25) is 0 Å². The first-order chi connectivity index (χ1) is 9.79. The average molecular weight is 287 g/mol. The van der Waals surface area contributed by atoms with E-state index in [1.54, 1.807) is 0 Å². The number of hydrogen-bond acceptors (Lipinski definition) is 3. The van der Waals surface area contributed by atoms with Crippen LogP contribution in [0.15, 0.2) is 41.6 Å². The van der Waals surface area contributed by atoms with Gasteiger partial charge >= 0.3 is 0 Å². The smallest absolute Gasteiger partial charge is 0.108 e. The van der Waals surface area contributed by atoms with Crippen molar-refractivity contribution in [3.05, 3.63) is 48.0 Å². The average Bonchev–Trinajstić information content (AvgIpc) is 3.07. The van der Waals surface area contributed by atoms with Crippen LogP contribution < -0.4 is 5.32 Å². The molecule has 20 heavy (non-hydrogen) atoms. The van der Waals surface area contributed by atoms with E-state index in [1.165, 1.54) is 22.0 Å². The highest BCUT2D eigenvalue weighted by molar-refractivity contribution is 7.99. The Hall–Kier alpha value is -1.26. The van der Waals surface area contributed by atoms with Crippen LogP contribution in [0.4, 0.5) is 0 Å². The number of thioether (sulfide) groups is 1. The minimum atomic E-state index is 0.517. The molecule has 1 aromatic heterocycles. The molecule has 3 nitrogen and oxygen atoms in total. The Kier molecular flexibility index (Phi) is 4.13. The van der Waals surface area contributed by atoms with Gasteiger partial charge in [0.15, 0.2) is 0 Å². The highest BCUT2D eigenvalue weighted by Crippen LogP contribution is 2.41. The van der Waals surface area contributed by atoms with Gasteiger partial charge in [0.25, 0.3) is 0 Å². The van der Waals surface area contributed by atoms with Crippen molar-refractivity contribution in [2.24, 2.45) is 7.05 Å². The molecule has 2 aromatic rings. The summed E-state index contributed by atoms with van der Waals surface area (Å²) in [6, 6.07) is 9.33. The summed E-state index contributed by atoms with van der Waals surface area (Å²) in [6.07, 6.45) is 6.05. The van der Waals surface area contributed by atoms with Crippen LogP contribution in [0.1, 0.15) is 23.7 Å². The molecule has 106 valence electrons. The van der Waals surface area contributed by atoms with Crippen LogP contribution >= 0.6 is 11.8 Å². The topological polar surface area (TPSA) is 29.9 Å². The number of benzene rings is 1. The van der Waals surface area contributed by atoms with E-state index in [1.807, 2.05) is 24.2 Å². The predicted octanol–water partition coefficient (Wildman–Crippen LogP) is 2.83. The first kappa shape index (κ1) is 13.7. The molecule has 2 atom stereocenters. The standard InChI is InChI=1S/C16H21N3S/c1-17-14(7-8-16-18-9-10-19(16)2)13-11-20-15-6-4-3-5-12(13)15/h3-6,9-10,13-14,17H,7-8,11H2,1-2H3. The fraction of sp³-hybridized carbons (Fsp3) is 0.438. The second kappa shape index (κ2) is 6.02. The van der Waals surface area contributed by atoms with E-state index >= 15 is 0 Å². The zero-order valence-electron chi connectivity index (χ0n) is 12.0. The van der Waals surface area contributed by atoms with Gasteiger partial charge < -0.3 is 9.88 Å². The molecule has 0 amide bonds. The van der Waals surface area contributed by atoms with Gasteiger partial charge in [-0.1, -0.05) is 18.2 Å². The summed E-state index contributed by atoms with van der Waals surface area (Å²) in [4.78, 5) is 5.88. The maximum absolute atomic E-state index is 4.42. The first-order valence-corrected chi connectivity index (χ1v) is 8.13. The lowest BCUT2D eigenvalue weighted by Crippen LogP contribution is -2.33. The van der Waals surface area contributed by atoms with Gasteiger partial charge in [-0.05, 0) is 25.1 Å². The lowest BCUT2D eigenvalue weighted by Gasteiger charge is -2.23. The Morgan fingerprint density at radius 3 is 3.05 bits per heavy atom. The number of imidazole rings is 1. The third-order valence-electron chi connectivity index (χ3n) is 4.19. The van der Waals surface area contributed by atoms with E-state index < -0.39 is 0 Å². The number of rotatable bonds is 5. The Morgan fingerprint density at radius 1 is 1.45 bits per heavy atom. The number of nitrogens with zero attached hydrogens (tertiary/aromatic N) is 2. The monoisotopic (exact) mass is 287 g/mol. The molecule has 0 saturated carbocycles. The highest BCUT2D eigenvalue weighted by Gasteiger charge is 2.29. The van der Waals surface area contributed by atoms with Crippen LogP contribution in [0.5, 0.6) is 0 Å². The van der Waals surface area contributed by atoms with Crippen molar-refractivity contribution in [1.82, 2.24) is 14.9 Å². The van der Waals surface area contributed by atoms with Crippen molar-refractivity contribution in [2.75, 3.05) is 12.8 Å². The van der Waals surface area contributed by atoms with E-state index in [9.17, 15) is 0 Å². The normalized spacial score (nSPS) is 19.0. The Morgan fingerprint density at radius 2 is 2.30 bits per heavy atom. The second-order valence-corrected chi connectivity index (χ2v) is 6.41. The van der Waals surface area contributed by atoms with E-state index in [2.05, 4.69) is 53.2 Å². The summed E-state index contributed by atoms with van der Waals surface area (Å²) in [5.74, 6) is 2.97. The number of likely N-dealkylation sites (N-methyl/N-ethyl adjacent to an activating group) is 1. The number of aryl methyl sites for hydroxylation is 2. The Labute approximate surface area is 124 Å². The van der Waals surface area contributed by atoms with E-state index in [-0.39, 0.29) is 0 Å². The largest absolute Gasteiger partial charge is 0.338 e. The quantitative estimate of drug-likeness (QED) is 0.917. The summed E-state index contributed by atoms with van der Waals surface area (Å²) in [7, 11) is 4.14. The van der Waals surface area contributed by atoms with Gasteiger partial charge in [-0.2, -0.15) is 0 Å². The van der Waals surface area contributed by atoms with E-state index in [0.29, 0.717) is 12.0 Å². The molecule has 0 radical (unpaired) electrons. The molecule has 3 rings (SSSR count). The maximum atomic E-state index is 4.42. The molecule has 1 aliphatic rings. The third kappa shape index (κ3) is 2.63. The zero-order chi connectivity index (χ0) is 13.9. The summed E-state index contributed by atoms with van der Waals surface area (Å²) in [6.45, 7) is 0. The second-order valence-electron chi connectivity index (χ2n) is 5.34.